The van der Waals surface area contributed by atoms with Crippen LogP contribution in [0.3, 0.4) is 0 Å². The molecule has 1 saturated heterocycles. The molecule has 0 aliphatic carbocycles. The van der Waals surface area contributed by atoms with Gasteiger partial charge in [-0.2, -0.15) is 0 Å². The van der Waals surface area contributed by atoms with E-state index in [9.17, 15) is 4.79 Å². The smallest absolute Gasteiger partial charge is 0.151 e. The quantitative estimate of drug-likeness (QED) is 0.802. The third-order valence-corrected chi connectivity index (χ3v) is 4.41. The highest BCUT2D eigenvalue weighted by Gasteiger charge is 2.23. The number of aldehydes is 1. The molecule has 1 aromatic rings. The Morgan fingerprint density at radius 1 is 1.44 bits per heavy atom. The molecule has 1 aliphatic rings. The number of carbonyl (C=O) groups is 1. The minimum absolute atomic E-state index is 0.614. The lowest BCUT2D eigenvalue weighted by Gasteiger charge is -2.40. The summed E-state index contributed by atoms with van der Waals surface area (Å²) in [6.07, 6.45) is 2.05. The van der Waals surface area contributed by atoms with Crippen molar-refractivity contribution >= 4 is 27.9 Å². The fraction of sp³-hybridized carbons (Fsp3) is 0.500. The van der Waals surface area contributed by atoms with Gasteiger partial charge in [-0.3, -0.25) is 9.69 Å². The molecule has 1 aliphatic heterocycles. The number of hydrogen-bond donors (Lipinski definition) is 0. The first-order valence-electron chi connectivity index (χ1n) is 6.35. The van der Waals surface area contributed by atoms with E-state index in [4.69, 9.17) is 0 Å². The Morgan fingerprint density at radius 3 is 2.83 bits per heavy atom. The monoisotopic (exact) mass is 310 g/mol. The summed E-state index contributed by atoms with van der Waals surface area (Å²) in [5, 5.41) is 0. The Bertz CT molecular complexity index is 436. The standard InChI is InChI=1S/C14H19BrN2O/c1-3-12-9-17(7-6-16(12)2)13-5-4-11(10-18)14(15)8-13/h4-5,8,10,12H,3,6-7,9H2,1-2H3. The minimum Gasteiger partial charge on any atom is -0.369 e. The second-order valence-electron chi connectivity index (χ2n) is 4.81. The molecule has 1 heterocycles. The van der Waals surface area contributed by atoms with Crippen LogP contribution in [0.25, 0.3) is 0 Å². The van der Waals surface area contributed by atoms with Crippen molar-refractivity contribution in [3.05, 3.63) is 28.2 Å². The zero-order chi connectivity index (χ0) is 13.1. The van der Waals surface area contributed by atoms with E-state index in [0.717, 1.165) is 30.4 Å². The Hall–Kier alpha value is -0.870. The SMILES string of the molecule is CCC1CN(c2ccc(C=O)c(Br)c2)CCN1C. The highest BCUT2D eigenvalue weighted by molar-refractivity contribution is 9.10. The van der Waals surface area contributed by atoms with Crippen molar-refractivity contribution in [2.45, 2.75) is 19.4 Å². The summed E-state index contributed by atoms with van der Waals surface area (Å²) >= 11 is 3.45. The molecule has 1 fully saturated rings. The maximum atomic E-state index is 10.8. The zero-order valence-electron chi connectivity index (χ0n) is 10.9. The van der Waals surface area contributed by atoms with Crippen LogP contribution in [0.15, 0.2) is 22.7 Å². The van der Waals surface area contributed by atoms with E-state index in [1.165, 1.54) is 12.1 Å². The van der Waals surface area contributed by atoms with Crippen molar-refractivity contribution in [3.63, 3.8) is 0 Å². The second kappa shape index (κ2) is 5.85. The Morgan fingerprint density at radius 2 is 2.22 bits per heavy atom. The van der Waals surface area contributed by atoms with Crippen molar-refractivity contribution in [1.29, 1.82) is 0 Å². The van der Waals surface area contributed by atoms with Gasteiger partial charge in [-0.1, -0.05) is 6.92 Å². The Labute approximate surface area is 117 Å². The van der Waals surface area contributed by atoms with Crippen LogP contribution in [0.2, 0.25) is 0 Å². The number of carbonyl (C=O) groups excluding carboxylic acids is 1. The molecular weight excluding hydrogens is 292 g/mol. The molecule has 0 saturated carbocycles. The third kappa shape index (κ3) is 2.75. The van der Waals surface area contributed by atoms with E-state index in [0.29, 0.717) is 11.6 Å². The summed E-state index contributed by atoms with van der Waals surface area (Å²) in [6, 6.07) is 6.57. The van der Waals surface area contributed by atoms with Gasteiger partial charge in [-0.05, 0) is 47.6 Å². The molecule has 4 heteroatoms. The number of anilines is 1. The number of hydrogen-bond acceptors (Lipinski definition) is 3. The van der Waals surface area contributed by atoms with Gasteiger partial charge < -0.3 is 4.90 Å². The van der Waals surface area contributed by atoms with Crippen LogP contribution in [0.5, 0.6) is 0 Å². The molecule has 1 aromatic carbocycles. The topological polar surface area (TPSA) is 23.6 Å². The largest absolute Gasteiger partial charge is 0.369 e. The summed E-state index contributed by atoms with van der Waals surface area (Å²) in [4.78, 5) is 15.6. The van der Waals surface area contributed by atoms with Crippen molar-refractivity contribution in [3.8, 4) is 0 Å². The number of likely N-dealkylation sites (N-methyl/N-ethyl adjacent to an activating group) is 1. The number of rotatable bonds is 3. The first-order valence-corrected chi connectivity index (χ1v) is 7.15. The molecule has 0 amide bonds. The molecule has 0 spiro atoms. The number of halogens is 1. The number of benzene rings is 1. The van der Waals surface area contributed by atoms with Gasteiger partial charge in [-0.25, -0.2) is 0 Å². The summed E-state index contributed by atoms with van der Waals surface area (Å²) in [5.41, 5.74) is 1.90. The van der Waals surface area contributed by atoms with Crippen LogP contribution >= 0.6 is 15.9 Å². The summed E-state index contributed by atoms with van der Waals surface area (Å²) in [6.45, 7) is 5.42. The summed E-state index contributed by atoms with van der Waals surface area (Å²) in [7, 11) is 2.19. The van der Waals surface area contributed by atoms with Gasteiger partial charge in [0, 0.05) is 41.4 Å². The highest BCUT2D eigenvalue weighted by Crippen LogP contribution is 2.25. The molecule has 98 valence electrons. The maximum Gasteiger partial charge on any atom is 0.151 e. The third-order valence-electron chi connectivity index (χ3n) is 3.72. The molecule has 18 heavy (non-hydrogen) atoms. The van der Waals surface area contributed by atoms with Gasteiger partial charge in [0.15, 0.2) is 6.29 Å². The van der Waals surface area contributed by atoms with Crippen molar-refractivity contribution in [1.82, 2.24) is 4.90 Å². The lowest BCUT2D eigenvalue weighted by atomic mass is 10.1. The molecule has 1 atom stereocenters. The normalized spacial score (nSPS) is 21.1. The van der Waals surface area contributed by atoms with Crippen molar-refractivity contribution in [2.75, 3.05) is 31.6 Å². The molecule has 3 nitrogen and oxygen atoms in total. The van der Waals surface area contributed by atoms with Crippen LogP contribution in [0, 0.1) is 0 Å². The average Bonchev–Trinajstić information content (AvgIpc) is 2.39. The summed E-state index contributed by atoms with van der Waals surface area (Å²) < 4.78 is 0.877. The first kappa shape index (κ1) is 13.6. The molecule has 1 unspecified atom stereocenters. The van der Waals surface area contributed by atoms with Crippen LogP contribution in [0.1, 0.15) is 23.7 Å². The first-order chi connectivity index (χ1) is 8.65. The van der Waals surface area contributed by atoms with Crippen LogP contribution in [-0.4, -0.2) is 43.9 Å². The van der Waals surface area contributed by atoms with Gasteiger partial charge in [0.1, 0.15) is 0 Å². The molecular formula is C14H19BrN2O. The predicted molar refractivity (Wildman–Crippen MR) is 78.5 cm³/mol. The lowest BCUT2D eigenvalue weighted by molar-refractivity contribution is 0.112. The number of nitrogens with zero attached hydrogens (tertiary/aromatic N) is 2. The fourth-order valence-corrected chi connectivity index (χ4v) is 2.89. The van der Waals surface area contributed by atoms with Crippen LogP contribution in [-0.2, 0) is 0 Å². The second-order valence-corrected chi connectivity index (χ2v) is 5.67. The van der Waals surface area contributed by atoms with Crippen LogP contribution in [0.4, 0.5) is 5.69 Å². The van der Waals surface area contributed by atoms with E-state index in [2.05, 4.69) is 39.7 Å². The van der Waals surface area contributed by atoms with Gasteiger partial charge in [-0.15, -0.1) is 0 Å². The molecule has 0 radical (unpaired) electrons. The van der Waals surface area contributed by atoms with Crippen molar-refractivity contribution in [2.24, 2.45) is 0 Å². The lowest BCUT2D eigenvalue weighted by Crippen LogP contribution is -2.51. The van der Waals surface area contributed by atoms with E-state index in [-0.39, 0.29) is 0 Å². The van der Waals surface area contributed by atoms with Crippen LogP contribution < -0.4 is 4.90 Å². The van der Waals surface area contributed by atoms with E-state index in [1.54, 1.807) is 0 Å². The molecule has 0 bridgehead atoms. The van der Waals surface area contributed by atoms with Gasteiger partial charge in [0.05, 0.1) is 0 Å². The predicted octanol–water partition coefficient (Wildman–Crippen LogP) is 2.79. The van der Waals surface area contributed by atoms with E-state index in [1.807, 2.05) is 18.2 Å². The Balaban J connectivity index is 2.16. The van der Waals surface area contributed by atoms with E-state index >= 15 is 0 Å². The minimum atomic E-state index is 0.614. The highest BCUT2D eigenvalue weighted by atomic mass is 79.9. The van der Waals surface area contributed by atoms with Gasteiger partial charge >= 0.3 is 0 Å². The maximum absolute atomic E-state index is 10.8. The van der Waals surface area contributed by atoms with Crippen molar-refractivity contribution < 1.29 is 4.79 Å². The molecule has 0 aromatic heterocycles. The van der Waals surface area contributed by atoms with E-state index < -0.39 is 0 Å². The Kier molecular flexibility index (Phi) is 4.40. The van der Waals surface area contributed by atoms with Gasteiger partial charge in [0.25, 0.3) is 0 Å². The average molecular weight is 311 g/mol. The summed E-state index contributed by atoms with van der Waals surface area (Å²) in [5.74, 6) is 0. The molecule has 2 rings (SSSR count). The molecule has 0 N–H and O–H groups in total. The fourth-order valence-electron chi connectivity index (χ4n) is 2.43. The van der Waals surface area contributed by atoms with Gasteiger partial charge in [0.2, 0.25) is 0 Å². The zero-order valence-corrected chi connectivity index (χ0v) is 12.5. The number of piperazine rings is 1.